The van der Waals surface area contributed by atoms with Crippen molar-refractivity contribution >= 4 is 17.5 Å². The normalized spacial score (nSPS) is 10.5. The summed E-state index contributed by atoms with van der Waals surface area (Å²) >= 11 is 5.78. The van der Waals surface area contributed by atoms with E-state index in [1.54, 1.807) is 6.20 Å². The number of amides is 1. The average Bonchev–Trinajstić information content (AvgIpc) is 2.94. The molecule has 0 saturated carbocycles. The predicted molar refractivity (Wildman–Crippen MR) is 62.7 cm³/mol. The van der Waals surface area contributed by atoms with Crippen LogP contribution in [-0.2, 0) is 13.1 Å². The summed E-state index contributed by atoms with van der Waals surface area (Å²) in [5.74, 6) is -0.281. The lowest BCUT2D eigenvalue weighted by Crippen LogP contribution is -2.25. The fraction of sp³-hybridized carbons (Fsp3) is 0.300. The van der Waals surface area contributed by atoms with E-state index in [1.807, 2.05) is 17.7 Å². The van der Waals surface area contributed by atoms with Crippen LogP contribution in [0.25, 0.3) is 0 Å². The van der Waals surface area contributed by atoms with Gasteiger partial charge >= 0.3 is 0 Å². The highest BCUT2D eigenvalue weighted by molar-refractivity contribution is 6.33. The van der Waals surface area contributed by atoms with Gasteiger partial charge in [-0.3, -0.25) is 14.6 Å². The monoisotopic (exact) mass is 253 g/mol. The number of aryl methyl sites for hydroxylation is 1. The van der Waals surface area contributed by atoms with Crippen LogP contribution in [0.2, 0.25) is 5.02 Å². The molecule has 0 aliphatic rings. The molecule has 2 aromatic heterocycles. The van der Waals surface area contributed by atoms with E-state index < -0.39 is 0 Å². The van der Waals surface area contributed by atoms with Crippen molar-refractivity contribution < 1.29 is 4.79 Å². The number of nitrogens with one attached hydrogen (secondary N) is 2. The van der Waals surface area contributed by atoms with Gasteiger partial charge in [0.25, 0.3) is 5.91 Å². The van der Waals surface area contributed by atoms with Crippen molar-refractivity contribution in [3.63, 3.8) is 0 Å². The minimum Gasteiger partial charge on any atom is -0.345 e. The van der Waals surface area contributed by atoms with E-state index in [0.29, 0.717) is 11.6 Å². The van der Waals surface area contributed by atoms with Crippen LogP contribution in [0.4, 0.5) is 0 Å². The number of carbonyl (C=O) groups excluding carboxylic acids is 1. The number of hydrogen-bond acceptors (Lipinski definition) is 3. The van der Waals surface area contributed by atoms with Gasteiger partial charge in [-0.25, -0.2) is 0 Å². The van der Waals surface area contributed by atoms with Crippen molar-refractivity contribution in [3.8, 4) is 0 Å². The van der Waals surface area contributed by atoms with E-state index in [1.165, 1.54) is 6.20 Å². The van der Waals surface area contributed by atoms with Crippen LogP contribution in [0.3, 0.4) is 0 Å². The second-order valence-electron chi connectivity index (χ2n) is 3.41. The Bertz CT molecular complexity index is 518. The van der Waals surface area contributed by atoms with Gasteiger partial charge in [-0.2, -0.15) is 10.2 Å². The Labute approximate surface area is 103 Å². The second kappa shape index (κ2) is 5.01. The highest BCUT2D eigenvalue weighted by atomic mass is 35.5. The fourth-order valence-electron chi connectivity index (χ4n) is 1.48. The molecule has 1 amide bonds. The van der Waals surface area contributed by atoms with Crippen LogP contribution in [0.1, 0.15) is 23.1 Å². The zero-order valence-electron chi connectivity index (χ0n) is 9.27. The third-order valence-electron chi connectivity index (χ3n) is 2.35. The first kappa shape index (κ1) is 11.7. The van der Waals surface area contributed by atoms with Gasteiger partial charge in [-0.15, -0.1) is 0 Å². The number of hydrogen-bond donors (Lipinski definition) is 2. The van der Waals surface area contributed by atoms with E-state index in [0.717, 1.165) is 12.2 Å². The van der Waals surface area contributed by atoms with Crippen molar-refractivity contribution in [3.05, 3.63) is 34.9 Å². The third-order valence-corrected chi connectivity index (χ3v) is 2.64. The summed E-state index contributed by atoms with van der Waals surface area (Å²) in [6.07, 6.45) is 3.10. The van der Waals surface area contributed by atoms with Crippen molar-refractivity contribution in [1.29, 1.82) is 0 Å². The number of halogens is 1. The molecule has 0 aliphatic heterocycles. The Morgan fingerprint density at radius 1 is 1.65 bits per heavy atom. The molecule has 0 radical (unpaired) electrons. The first-order valence-corrected chi connectivity index (χ1v) is 5.58. The maximum atomic E-state index is 11.7. The Morgan fingerprint density at radius 3 is 3.12 bits per heavy atom. The van der Waals surface area contributed by atoms with Crippen LogP contribution >= 0.6 is 11.6 Å². The summed E-state index contributed by atoms with van der Waals surface area (Å²) < 4.78 is 1.81. The molecule has 0 saturated heterocycles. The molecule has 7 heteroatoms. The van der Waals surface area contributed by atoms with Crippen molar-refractivity contribution in [2.45, 2.75) is 20.0 Å². The van der Waals surface area contributed by atoms with E-state index >= 15 is 0 Å². The highest BCUT2D eigenvalue weighted by Crippen LogP contribution is 2.11. The lowest BCUT2D eigenvalue weighted by Gasteiger charge is -2.06. The molecule has 2 aromatic rings. The summed E-state index contributed by atoms with van der Waals surface area (Å²) in [7, 11) is 0. The van der Waals surface area contributed by atoms with Gasteiger partial charge in [0.1, 0.15) is 5.69 Å². The van der Waals surface area contributed by atoms with Crippen molar-refractivity contribution in [2.24, 2.45) is 0 Å². The molecule has 17 heavy (non-hydrogen) atoms. The molecule has 2 heterocycles. The Kier molecular flexibility index (Phi) is 3.43. The molecule has 0 bridgehead atoms. The first-order valence-electron chi connectivity index (χ1n) is 5.20. The molecular weight excluding hydrogens is 242 g/mol. The molecule has 0 aromatic carbocycles. The number of aromatic nitrogens is 4. The number of carbonyl (C=O) groups is 1. The summed E-state index contributed by atoms with van der Waals surface area (Å²) in [6, 6.07) is 1.86. The Morgan fingerprint density at radius 2 is 2.47 bits per heavy atom. The maximum Gasteiger partial charge on any atom is 0.271 e. The van der Waals surface area contributed by atoms with E-state index in [4.69, 9.17) is 11.6 Å². The van der Waals surface area contributed by atoms with Gasteiger partial charge in [0.05, 0.1) is 23.5 Å². The van der Waals surface area contributed by atoms with Crippen LogP contribution in [0.15, 0.2) is 18.5 Å². The average molecular weight is 254 g/mol. The van der Waals surface area contributed by atoms with Gasteiger partial charge in [0, 0.05) is 12.7 Å². The minimum atomic E-state index is -0.281. The number of nitrogens with zero attached hydrogens (tertiary/aromatic N) is 3. The third kappa shape index (κ3) is 2.47. The van der Waals surface area contributed by atoms with E-state index in [-0.39, 0.29) is 11.6 Å². The zero-order valence-corrected chi connectivity index (χ0v) is 10.0. The minimum absolute atomic E-state index is 0.272. The molecule has 0 fully saturated rings. The van der Waals surface area contributed by atoms with Gasteiger partial charge in [0.15, 0.2) is 0 Å². The molecule has 0 unspecified atom stereocenters. The highest BCUT2D eigenvalue weighted by Gasteiger charge is 2.12. The molecule has 2 N–H and O–H groups in total. The van der Waals surface area contributed by atoms with Gasteiger partial charge < -0.3 is 5.32 Å². The Balaban J connectivity index is 1.99. The quantitative estimate of drug-likeness (QED) is 0.860. The number of aromatic amines is 1. The zero-order chi connectivity index (χ0) is 12.3. The van der Waals surface area contributed by atoms with Gasteiger partial charge in [-0.05, 0) is 13.0 Å². The summed E-state index contributed by atoms with van der Waals surface area (Å²) in [5.41, 5.74) is 1.21. The number of H-pyrrole nitrogens is 1. The smallest absolute Gasteiger partial charge is 0.271 e. The molecule has 0 spiro atoms. The molecule has 0 aliphatic carbocycles. The maximum absolute atomic E-state index is 11.7. The summed E-state index contributed by atoms with van der Waals surface area (Å²) in [4.78, 5) is 11.7. The molecule has 90 valence electrons. The van der Waals surface area contributed by atoms with Crippen LogP contribution in [-0.4, -0.2) is 25.9 Å². The lowest BCUT2D eigenvalue weighted by molar-refractivity contribution is 0.0945. The Hall–Kier alpha value is -1.82. The molecule has 6 nitrogen and oxygen atoms in total. The SMILES string of the molecule is CCn1nccc1CNC(=O)c1[nH]ncc1Cl. The largest absolute Gasteiger partial charge is 0.345 e. The van der Waals surface area contributed by atoms with Crippen molar-refractivity contribution in [2.75, 3.05) is 0 Å². The first-order chi connectivity index (χ1) is 8.22. The second-order valence-corrected chi connectivity index (χ2v) is 3.82. The number of rotatable bonds is 4. The standard InChI is InChI=1S/C10H12ClN5O/c1-2-16-7(3-4-14-16)5-12-10(17)9-8(11)6-13-15-9/h3-4,6H,2,5H2,1H3,(H,12,17)(H,13,15). The van der Waals surface area contributed by atoms with Crippen LogP contribution < -0.4 is 5.32 Å². The van der Waals surface area contributed by atoms with Gasteiger partial charge in [0.2, 0.25) is 0 Å². The fourth-order valence-corrected chi connectivity index (χ4v) is 1.66. The van der Waals surface area contributed by atoms with Crippen molar-refractivity contribution in [1.82, 2.24) is 25.3 Å². The lowest BCUT2D eigenvalue weighted by atomic mass is 10.3. The van der Waals surface area contributed by atoms with E-state index in [9.17, 15) is 4.79 Å². The van der Waals surface area contributed by atoms with E-state index in [2.05, 4.69) is 20.6 Å². The molecule has 0 atom stereocenters. The predicted octanol–water partition coefficient (Wildman–Crippen LogP) is 1.21. The summed E-state index contributed by atoms with van der Waals surface area (Å²) in [6.45, 7) is 3.16. The van der Waals surface area contributed by atoms with Gasteiger partial charge in [-0.1, -0.05) is 11.6 Å². The van der Waals surface area contributed by atoms with Crippen LogP contribution in [0, 0.1) is 0 Å². The summed E-state index contributed by atoms with van der Waals surface area (Å²) in [5, 5.41) is 13.4. The molecule has 2 rings (SSSR count). The topological polar surface area (TPSA) is 75.6 Å². The molecular formula is C10H12ClN5O. The van der Waals surface area contributed by atoms with Crippen LogP contribution in [0.5, 0.6) is 0 Å².